The normalized spacial score (nSPS) is 10.3. The van der Waals surface area contributed by atoms with Gasteiger partial charge in [-0.25, -0.2) is 0 Å². The molecule has 0 radical (unpaired) electrons. The molecular weight excluding hydrogens is 346 g/mol. The summed E-state index contributed by atoms with van der Waals surface area (Å²) in [6.07, 6.45) is 1.08. The van der Waals surface area contributed by atoms with E-state index in [1.165, 1.54) is 5.56 Å². The smallest absolute Gasteiger partial charge is 0.220 e. The predicted octanol–water partition coefficient (Wildman–Crippen LogP) is 1.51. The Balaban J connectivity index is 1.80. The molecule has 0 unspecified atom stereocenters. The van der Waals surface area contributed by atoms with Gasteiger partial charge in [0.25, 0.3) is 0 Å². The number of carbonyl (C=O) groups is 2. The van der Waals surface area contributed by atoms with Crippen molar-refractivity contribution >= 4 is 11.9 Å². The molecule has 2 aromatic carbocycles. The maximum absolute atomic E-state index is 11.5. The van der Waals surface area contributed by atoms with Crippen molar-refractivity contribution in [2.24, 2.45) is 0 Å². The topological polar surface area (TPSA) is 87.7 Å². The van der Waals surface area contributed by atoms with Crippen LogP contribution in [0.2, 0.25) is 0 Å². The summed E-state index contributed by atoms with van der Waals surface area (Å²) in [6, 6.07) is 15.8. The molecule has 0 heterocycles. The Hall–Kier alpha value is -3.02. The lowest BCUT2D eigenvalue weighted by atomic mass is 10.1. The number of amides is 1. The minimum Gasteiger partial charge on any atom is -0.550 e. The number of aliphatic carboxylic acids is 1. The van der Waals surface area contributed by atoms with Crippen LogP contribution < -0.4 is 19.9 Å². The lowest BCUT2D eigenvalue weighted by molar-refractivity contribution is -0.305. The predicted molar refractivity (Wildman–Crippen MR) is 99.6 cm³/mol. The second-order valence-electron chi connectivity index (χ2n) is 6.04. The second-order valence-corrected chi connectivity index (χ2v) is 6.04. The molecule has 0 saturated carbocycles. The molecule has 2 rings (SSSR count). The van der Waals surface area contributed by atoms with Gasteiger partial charge < -0.3 is 24.7 Å². The molecule has 0 fully saturated rings. The van der Waals surface area contributed by atoms with Gasteiger partial charge >= 0.3 is 0 Å². The average Bonchev–Trinajstić information content (AvgIpc) is 2.68. The number of carboxylic acid groups (broad SMARTS) is 1. The first-order valence-electron chi connectivity index (χ1n) is 8.88. The van der Waals surface area contributed by atoms with E-state index in [1.807, 2.05) is 36.4 Å². The van der Waals surface area contributed by atoms with Crippen LogP contribution in [0.25, 0.3) is 0 Å². The number of carbonyl (C=O) groups excluding carboxylic acids is 2. The molecule has 0 atom stereocenters. The van der Waals surface area contributed by atoms with Crippen molar-refractivity contribution in [1.82, 2.24) is 5.32 Å². The highest BCUT2D eigenvalue weighted by molar-refractivity contribution is 5.79. The molecule has 0 aromatic heterocycles. The molecule has 0 aliphatic rings. The van der Waals surface area contributed by atoms with Gasteiger partial charge in [0.05, 0.1) is 13.7 Å². The quantitative estimate of drug-likeness (QED) is 0.648. The molecule has 0 aliphatic carbocycles. The number of methoxy groups -OCH3 is 1. The maximum Gasteiger partial charge on any atom is 0.220 e. The fourth-order valence-electron chi connectivity index (χ4n) is 2.56. The van der Waals surface area contributed by atoms with Gasteiger partial charge in [-0.3, -0.25) is 4.79 Å². The fraction of sp³-hybridized carbons (Fsp3) is 0.333. The number of hydrogen-bond donors (Lipinski definition) is 1. The van der Waals surface area contributed by atoms with Crippen LogP contribution in [-0.2, 0) is 22.4 Å². The van der Waals surface area contributed by atoms with Gasteiger partial charge in [-0.2, -0.15) is 0 Å². The summed E-state index contributed by atoms with van der Waals surface area (Å²) in [4.78, 5) is 21.8. The molecule has 0 saturated heterocycles. The van der Waals surface area contributed by atoms with Crippen molar-refractivity contribution < 1.29 is 24.2 Å². The summed E-state index contributed by atoms with van der Waals surface area (Å²) < 4.78 is 11.2. The van der Waals surface area contributed by atoms with Gasteiger partial charge in [-0.15, -0.1) is 0 Å². The number of benzene rings is 2. The molecule has 0 aliphatic heterocycles. The summed E-state index contributed by atoms with van der Waals surface area (Å²) in [7, 11) is 1.59. The van der Waals surface area contributed by atoms with Crippen LogP contribution in [-0.4, -0.2) is 32.1 Å². The monoisotopic (exact) mass is 370 g/mol. The van der Waals surface area contributed by atoms with Crippen molar-refractivity contribution in [2.45, 2.75) is 25.7 Å². The van der Waals surface area contributed by atoms with E-state index in [1.54, 1.807) is 7.11 Å². The van der Waals surface area contributed by atoms with E-state index >= 15 is 0 Å². The van der Waals surface area contributed by atoms with Gasteiger partial charge in [-0.05, 0) is 36.1 Å². The number of carboxylic acids is 1. The van der Waals surface area contributed by atoms with Gasteiger partial charge in [0.2, 0.25) is 5.91 Å². The second kappa shape index (κ2) is 10.9. The van der Waals surface area contributed by atoms with E-state index in [-0.39, 0.29) is 18.7 Å². The SMILES string of the molecule is COc1cc(CCNC(=O)CCC(=O)[O-])ccc1OCCc1ccccc1. The number of ether oxygens (including phenoxy) is 2. The van der Waals surface area contributed by atoms with E-state index in [0.717, 1.165) is 12.0 Å². The molecular formula is C21H24NO5-. The van der Waals surface area contributed by atoms with E-state index in [0.29, 0.717) is 31.1 Å². The van der Waals surface area contributed by atoms with Crippen molar-refractivity contribution in [1.29, 1.82) is 0 Å². The minimum absolute atomic E-state index is 0.0696. The van der Waals surface area contributed by atoms with Gasteiger partial charge in [-0.1, -0.05) is 36.4 Å². The Bertz CT molecular complexity index is 745. The molecule has 6 nitrogen and oxygen atoms in total. The third-order valence-corrected chi connectivity index (χ3v) is 4.01. The number of hydrogen-bond acceptors (Lipinski definition) is 5. The summed E-state index contributed by atoms with van der Waals surface area (Å²) in [5, 5.41) is 13.0. The average molecular weight is 370 g/mol. The molecule has 2 aromatic rings. The van der Waals surface area contributed by atoms with E-state index in [9.17, 15) is 14.7 Å². The Morgan fingerprint density at radius 3 is 2.44 bits per heavy atom. The highest BCUT2D eigenvalue weighted by atomic mass is 16.5. The number of nitrogens with one attached hydrogen (secondary N) is 1. The molecule has 1 amide bonds. The lowest BCUT2D eigenvalue weighted by Crippen LogP contribution is -2.29. The Labute approximate surface area is 159 Å². The number of rotatable bonds is 11. The molecule has 0 spiro atoms. The first-order valence-corrected chi connectivity index (χ1v) is 8.88. The van der Waals surface area contributed by atoms with E-state index in [4.69, 9.17) is 9.47 Å². The van der Waals surface area contributed by atoms with Crippen molar-refractivity contribution in [3.63, 3.8) is 0 Å². The summed E-state index contributed by atoms with van der Waals surface area (Å²) in [5.41, 5.74) is 2.20. The molecule has 144 valence electrons. The van der Waals surface area contributed by atoms with Gasteiger partial charge in [0.1, 0.15) is 0 Å². The Morgan fingerprint density at radius 1 is 0.963 bits per heavy atom. The fourth-order valence-corrected chi connectivity index (χ4v) is 2.56. The lowest BCUT2D eigenvalue weighted by Gasteiger charge is -2.13. The summed E-state index contributed by atoms with van der Waals surface area (Å²) in [5.74, 6) is -0.205. The van der Waals surface area contributed by atoms with Crippen molar-refractivity contribution in [3.8, 4) is 11.5 Å². The van der Waals surface area contributed by atoms with Gasteiger partial charge in [0.15, 0.2) is 11.5 Å². The highest BCUT2D eigenvalue weighted by Gasteiger charge is 2.07. The van der Waals surface area contributed by atoms with Crippen LogP contribution in [0.1, 0.15) is 24.0 Å². The van der Waals surface area contributed by atoms with Crippen LogP contribution >= 0.6 is 0 Å². The molecule has 6 heteroatoms. The largest absolute Gasteiger partial charge is 0.550 e. The van der Waals surface area contributed by atoms with Crippen LogP contribution in [0.15, 0.2) is 48.5 Å². The Morgan fingerprint density at radius 2 is 1.74 bits per heavy atom. The summed E-state index contributed by atoms with van der Waals surface area (Å²) >= 11 is 0. The highest BCUT2D eigenvalue weighted by Crippen LogP contribution is 2.28. The third kappa shape index (κ3) is 7.40. The van der Waals surface area contributed by atoms with Crippen molar-refractivity contribution in [2.75, 3.05) is 20.3 Å². The Kier molecular flexibility index (Phi) is 8.16. The van der Waals surface area contributed by atoms with Crippen molar-refractivity contribution in [3.05, 3.63) is 59.7 Å². The van der Waals surface area contributed by atoms with Crippen LogP contribution in [0.3, 0.4) is 0 Å². The summed E-state index contributed by atoms with van der Waals surface area (Å²) in [6.45, 7) is 0.970. The standard InChI is InChI=1S/C21H25NO5/c1-26-19-15-17(11-13-22-20(23)9-10-21(24)25)7-8-18(19)27-14-12-16-5-3-2-4-6-16/h2-8,15H,9-14H2,1H3,(H,22,23)(H,24,25)/p-1. The molecule has 27 heavy (non-hydrogen) atoms. The van der Waals surface area contributed by atoms with Gasteiger partial charge in [0, 0.05) is 25.4 Å². The third-order valence-electron chi connectivity index (χ3n) is 4.01. The first-order chi connectivity index (χ1) is 13.1. The maximum atomic E-state index is 11.5. The zero-order chi connectivity index (χ0) is 19.5. The minimum atomic E-state index is -1.22. The van der Waals surface area contributed by atoms with Crippen LogP contribution in [0.5, 0.6) is 11.5 Å². The van der Waals surface area contributed by atoms with E-state index < -0.39 is 5.97 Å². The first kappa shape index (κ1) is 20.3. The zero-order valence-electron chi connectivity index (χ0n) is 15.4. The van der Waals surface area contributed by atoms with E-state index in [2.05, 4.69) is 17.4 Å². The van der Waals surface area contributed by atoms with Crippen LogP contribution in [0, 0.1) is 0 Å². The van der Waals surface area contributed by atoms with Crippen LogP contribution in [0.4, 0.5) is 0 Å². The zero-order valence-corrected chi connectivity index (χ0v) is 15.4. The molecule has 0 bridgehead atoms. The molecule has 1 N–H and O–H groups in total.